The van der Waals surface area contributed by atoms with Gasteiger partial charge in [-0.05, 0) is 48.4 Å². The van der Waals surface area contributed by atoms with Crippen LogP contribution in [0.2, 0.25) is 10.0 Å². The van der Waals surface area contributed by atoms with Gasteiger partial charge in [-0.3, -0.25) is 0 Å². The number of carbonyl (C=O) groups is 1. The van der Waals surface area contributed by atoms with E-state index in [1.165, 1.54) is 16.9 Å². The van der Waals surface area contributed by atoms with Gasteiger partial charge < -0.3 is 19.9 Å². The van der Waals surface area contributed by atoms with Gasteiger partial charge in [-0.25, -0.2) is 4.79 Å². The Morgan fingerprint density at radius 1 is 1.02 bits per heavy atom. The minimum atomic E-state index is -0.618. The minimum Gasteiger partial charge on any atom is -0.489 e. The second-order valence-electron chi connectivity index (χ2n) is 9.72. The molecule has 2 N–H and O–H groups in total. The van der Waals surface area contributed by atoms with Crippen LogP contribution in [0.3, 0.4) is 0 Å². The summed E-state index contributed by atoms with van der Waals surface area (Å²) < 4.78 is 18.2. The van der Waals surface area contributed by atoms with Crippen LogP contribution in [-0.2, 0) is 6.61 Å². The number of nitrogens with zero attached hydrogens (tertiary/aromatic N) is 1. The fraction of sp³-hybridized carbons (Fsp3) is 0.0909. The predicted molar refractivity (Wildman–Crippen MR) is 164 cm³/mol. The summed E-state index contributed by atoms with van der Waals surface area (Å²) in [4.78, 5) is 13.3. The fourth-order valence-corrected chi connectivity index (χ4v) is 6.63. The lowest BCUT2D eigenvalue weighted by Gasteiger charge is -2.26. The topological polar surface area (TPSA) is 94.6 Å². The first-order chi connectivity index (χ1) is 20.3. The van der Waals surface area contributed by atoms with E-state index in [-0.39, 0.29) is 27.1 Å². The van der Waals surface area contributed by atoms with Crippen LogP contribution in [0.1, 0.15) is 37.8 Å². The molecule has 6 nitrogen and oxygen atoms in total. The van der Waals surface area contributed by atoms with Gasteiger partial charge >= 0.3 is 5.97 Å². The van der Waals surface area contributed by atoms with E-state index in [9.17, 15) is 10.1 Å². The van der Waals surface area contributed by atoms with Crippen molar-refractivity contribution in [1.29, 1.82) is 5.26 Å². The Labute approximate surface area is 256 Å². The van der Waals surface area contributed by atoms with E-state index in [4.69, 9.17) is 43.1 Å². The zero-order valence-electron chi connectivity index (χ0n) is 22.2. The van der Waals surface area contributed by atoms with Gasteiger partial charge in [0.2, 0.25) is 5.88 Å². The number of fused-ring (bicyclic) bond motifs is 2. The fourth-order valence-electron chi connectivity index (χ4n) is 4.80. The lowest BCUT2D eigenvalue weighted by molar-refractivity contribution is 0.0740. The van der Waals surface area contributed by atoms with Gasteiger partial charge in [0.15, 0.2) is 0 Å². The molecule has 6 rings (SSSR count). The van der Waals surface area contributed by atoms with Gasteiger partial charge in [-0.1, -0.05) is 77.3 Å². The summed E-state index contributed by atoms with van der Waals surface area (Å²) in [6, 6.07) is 28.2. The summed E-state index contributed by atoms with van der Waals surface area (Å²) in [7, 11) is 0. The summed E-state index contributed by atoms with van der Waals surface area (Å²) >= 11 is 14.0. The van der Waals surface area contributed by atoms with E-state index >= 15 is 0 Å². The molecule has 2 heterocycles. The highest BCUT2D eigenvalue weighted by Gasteiger charge is 2.31. The number of thiophene rings is 1. The molecule has 0 aliphatic carbocycles. The average Bonchev–Trinajstić information content (AvgIpc) is 3.34. The molecular weight excluding hydrogens is 591 g/mol. The van der Waals surface area contributed by atoms with E-state index in [1.54, 1.807) is 30.3 Å². The number of rotatable bonds is 6. The molecule has 42 heavy (non-hydrogen) atoms. The molecule has 9 heteroatoms. The van der Waals surface area contributed by atoms with Crippen LogP contribution in [0.25, 0.3) is 10.1 Å². The highest BCUT2D eigenvalue weighted by atomic mass is 35.5. The Hall–Kier alpha value is -4.48. The Bertz CT molecular complexity index is 1910. The largest absolute Gasteiger partial charge is 0.489 e. The Kier molecular flexibility index (Phi) is 7.53. The summed E-state index contributed by atoms with van der Waals surface area (Å²) in [6.45, 7) is 2.48. The first kappa shape index (κ1) is 27.7. The Morgan fingerprint density at radius 3 is 2.48 bits per heavy atom. The van der Waals surface area contributed by atoms with Crippen LogP contribution < -0.4 is 19.9 Å². The van der Waals surface area contributed by atoms with Crippen molar-refractivity contribution >= 4 is 50.6 Å². The molecule has 1 atom stereocenters. The number of hydrogen-bond acceptors (Lipinski definition) is 7. The summed E-state index contributed by atoms with van der Waals surface area (Å²) in [5.41, 5.74) is 10.3. The molecule has 0 bridgehead atoms. The number of ether oxygens (including phenoxy) is 3. The molecule has 0 radical (unpaired) electrons. The SMILES string of the molecule is Cc1ccc(COc2ccc(C3C(C#N)=C(N)Oc4cc(OC(=O)c5sc6cccc(Cl)c6c5Cl)ccc43)cc2)cc1. The number of hydrogen-bond donors (Lipinski definition) is 1. The van der Waals surface area contributed by atoms with Crippen molar-refractivity contribution in [2.24, 2.45) is 5.73 Å². The summed E-state index contributed by atoms with van der Waals surface area (Å²) in [5, 5.41) is 11.2. The van der Waals surface area contributed by atoms with Crippen molar-refractivity contribution in [3.8, 4) is 23.3 Å². The maximum absolute atomic E-state index is 13.1. The van der Waals surface area contributed by atoms with Crippen LogP contribution in [0.15, 0.2) is 96.4 Å². The van der Waals surface area contributed by atoms with Crippen LogP contribution in [0.5, 0.6) is 17.2 Å². The quantitative estimate of drug-likeness (QED) is 0.152. The molecule has 1 unspecified atom stereocenters. The number of nitriles is 1. The second kappa shape index (κ2) is 11.4. The maximum Gasteiger partial charge on any atom is 0.355 e. The number of aryl methyl sites for hydroxylation is 1. The van der Waals surface area contributed by atoms with Crippen molar-refractivity contribution in [3.63, 3.8) is 0 Å². The van der Waals surface area contributed by atoms with Gasteiger partial charge in [0.1, 0.15) is 40.4 Å². The van der Waals surface area contributed by atoms with Crippen molar-refractivity contribution < 1.29 is 19.0 Å². The number of benzene rings is 4. The molecule has 0 saturated heterocycles. The van der Waals surface area contributed by atoms with Crippen molar-refractivity contribution in [2.45, 2.75) is 19.4 Å². The number of halogens is 2. The van der Waals surface area contributed by atoms with Gasteiger partial charge in [0, 0.05) is 21.7 Å². The van der Waals surface area contributed by atoms with Crippen molar-refractivity contribution in [2.75, 3.05) is 0 Å². The van der Waals surface area contributed by atoms with Crippen LogP contribution >= 0.6 is 34.5 Å². The molecule has 1 aromatic heterocycles. The van der Waals surface area contributed by atoms with E-state index < -0.39 is 11.9 Å². The minimum absolute atomic E-state index is 0.0135. The zero-order chi connectivity index (χ0) is 29.4. The smallest absolute Gasteiger partial charge is 0.355 e. The van der Waals surface area contributed by atoms with Gasteiger partial charge in [-0.15, -0.1) is 11.3 Å². The third-order valence-electron chi connectivity index (χ3n) is 6.93. The highest BCUT2D eigenvalue weighted by molar-refractivity contribution is 7.21. The molecule has 0 fully saturated rings. The molecule has 0 amide bonds. The Morgan fingerprint density at radius 2 is 1.76 bits per heavy atom. The molecule has 1 aliphatic heterocycles. The monoisotopic (exact) mass is 612 g/mol. The Balaban J connectivity index is 1.24. The summed E-state index contributed by atoms with van der Waals surface area (Å²) in [6.07, 6.45) is 0. The van der Waals surface area contributed by atoms with E-state index in [0.29, 0.717) is 34.1 Å². The first-order valence-electron chi connectivity index (χ1n) is 12.9. The zero-order valence-corrected chi connectivity index (χ0v) is 24.5. The molecule has 208 valence electrons. The number of allylic oxidation sites excluding steroid dienone is 1. The van der Waals surface area contributed by atoms with Crippen LogP contribution in [-0.4, -0.2) is 5.97 Å². The normalized spacial score (nSPS) is 14.2. The maximum atomic E-state index is 13.1. The first-order valence-corrected chi connectivity index (χ1v) is 14.5. The third-order valence-corrected chi connectivity index (χ3v) is 8.87. The van der Waals surface area contributed by atoms with Crippen LogP contribution in [0, 0.1) is 18.3 Å². The molecule has 4 aromatic carbocycles. The van der Waals surface area contributed by atoms with Crippen LogP contribution in [0.4, 0.5) is 0 Å². The molecule has 0 saturated carbocycles. The molecule has 1 aliphatic rings. The number of carbonyl (C=O) groups excluding carboxylic acids is 1. The standard InChI is InChI=1S/C33H22Cl2N2O4S/c1-18-5-7-19(8-6-18)17-39-21-11-9-20(10-12-21)28-23-14-13-22(15-26(23)41-32(37)24(28)16-36)40-33(38)31-30(35)29-25(34)3-2-4-27(29)42-31/h2-15,28H,17,37H2,1H3. The number of nitrogens with two attached hydrogens (primary N) is 1. The number of esters is 1. The summed E-state index contributed by atoms with van der Waals surface area (Å²) in [5.74, 6) is 0.212. The van der Waals surface area contributed by atoms with Gasteiger partial charge in [0.25, 0.3) is 0 Å². The van der Waals surface area contributed by atoms with Gasteiger partial charge in [-0.2, -0.15) is 5.26 Å². The average molecular weight is 614 g/mol. The lowest BCUT2D eigenvalue weighted by Crippen LogP contribution is -2.21. The van der Waals surface area contributed by atoms with Gasteiger partial charge in [0.05, 0.1) is 16.0 Å². The third kappa shape index (κ3) is 5.28. The van der Waals surface area contributed by atoms with Crippen molar-refractivity contribution in [1.82, 2.24) is 0 Å². The second-order valence-corrected chi connectivity index (χ2v) is 11.6. The van der Waals surface area contributed by atoms with E-state index in [0.717, 1.165) is 15.8 Å². The molecule has 5 aromatic rings. The predicted octanol–water partition coefficient (Wildman–Crippen LogP) is 8.53. The van der Waals surface area contributed by atoms with E-state index in [1.807, 2.05) is 61.5 Å². The van der Waals surface area contributed by atoms with E-state index in [2.05, 4.69) is 6.07 Å². The lowest BCUT2D eigenvalue weighted by atomic mass is 9.83. The van der Waals surface area contributed by atoms with Crippen molar-refractivity contribution in [3.05, 3.63) is 134 Å². The molecular formula is C33H22Cl2N2O4S. The highest BCUT2D eigenvalue weighted by Crippen LogP contribution is 2.44. The molecule has 0 spiro atoms.